The van der Waals surface area contributed by atoms with Crippen molar-refractivity contribution in [2.45, 2.75) is 76.8 Å². The molecule has 2 aliphatic carbocycles. The van der Waals surface area contributed by atoms with Crippen LogP contribution in [0.4, 0.5) is 0 Å². The third kappa shape index (κ3) is 3.33. The highest BCUT2D eigenvalue weighted by Crippen LogP contribution is 2.38. The van der Waals surface area contributed by atoms with Crippen molar-refractivity contribution in [3.63, 3.8) is 0 Å². The van der Waals surface area contributed by atoms with Crippen LogP contribution < -0.4 is 5.32 Å². The normalized spacial score (nSPS) is 40.3. The molecule has 4 unspecified atom stereocenters. The molecule has 1 N–H and O–H groups in total. The van der Waals surface area contributed by atoms with Crippen LogP contribution in [0.3, 0.4) is 0 Å². The number of likely N-dealkylation sites (tertiary alicyclic amines) is 1. The maximum atomic E-state index is 3.73. The van der Waals surface area contributed by atoms with Crippen molar-refractivity contribution in [1.82, 2.24) is 10.2 Å². The Morgan fingerprint density at radius 3 is 2.68 bits per heavy atom. The average Bonchev–Trinajstić information content (AvgIpc) is 2.93. The zero-order valence-electron chi connectivity index (χ0n) is 12.7. The molecule has 19 heavy (non-hydrogen) atoms. The number of nitrogens with one attached hydrogen (secondary N) is 1. The molecule has 0 spiro atoms. The fraction of sp³-hybridized carbons (Fsp3) is 1.00. The van der Waals surface area contributed by atoms with Gasteiger partial charge in [-0.15, -0.1) is 0 Å². The average molecular weight is 264 g/mol. The van der Waals surface area contributed by atoms with Gasteiger partial charge in [0.1, 0.15) is 0 Å². The summed E-state index contributed by atoms with van der Waals surface area (Å²) in [6.07, 6.45) is 13.1. The lowest BCUT2D eigenvalue weighted by atomic mass is 9.75. The van der Waals surface area contributed by atoms with Gasteiger partial charge < -0.3 is 10.2 Å². The second-order valence-corrected chi connectivity index (χ2v) is 7.21. The molecule has 0 radical (unpaired) electrons. The largest absolute Gasteiger partial charge is 0.314 e. The Morgan fingerprint density at radius 1 is 1.00 bits per heavy atom. The molecule has 0 aromatic heterocycles. The Morgan fingerprint density at radius 2 is 1.84 bits per heavy atom. The Labute approximate surface area is 119 Å². The summed E-state index contributed by atoms with van der Waals surface area (Å²) < 4.78 is 0. The van der Waals surface area contributed by atoms with Crippen LogP contribution in [0, 0.1) is 11.8 Å². The lowest BCUT2D eigenvalue weighted by Crippen LogP contribution is -2.46. The zero-order valence-corrected chi connectivity index (χ0v) is 12.7. The van der Waals surface area contributed by atoms with E-state index in [9.17, 15) is 0 Å². The molecule has 110 valence electrons. The molecule has 2 nitrogen and oxygen atoms in total. The first-order valence-corrected chi connectivity index (χ1v) is 8.84. The maximum Gasteiger partial charge on any atom is 0.0111 e. The first-order chi connectivity index (χ1) is 9.36. The van der Waals surface area contributed by atoms with Crippen LogP contribution in [-0.2, 0) is 0 Å². The quantitative estimate of drug-likeness (QED) is 0.837. The summed E-state index contributed by atoms with van der Waals surface area (Å²) >= 11 is 0. The molecule has 1 heterocycles. The third-order valence-corrected chi connectivity index (χ3v) is 5.93. The summed E-state index contributed by atoms with van der Waals surface area (Å²) in [5, 5.41) is 3.73. The molecule has 0 aromatic rings. The molecule has 3 aliphatic rings. The van der Waals surface area contributed by atoms with Gasteiger partial charge in [0.05, 0.1) is 0 Å². The predicted octanol–water partition coefficient (Wildman–Crippen LogP) is 3.42. The van der Waals surface area contributed by atoms with E-state index in [-0.39, 0.29) is 0 Å². The fourth-order valence-corrected chi connectivity index (χ4v) is 4.78. The molecule has 3 fully saturated rings. The first-order valence-electron chi connectivity index (χ1n) is 8.84. The minimum Gasteiger partial charge on any atom is -0.314 e. The highest BCUT2D eigenvalue weighted by atomic mass is 15.2. The monoisotopic (exact) mass is 264 g/mol. The number of hydrogen-bond acceptors (Lipinski definition) is 2. The van der Waals surface area contributed by atoms with Crippen LogP contribution in [0.2, 0.25) is 0 Å². The number of fused-ring (bicyclic) bond motifs is 1. The molecule has 1 aliphatic heterocycles. The molecule has 0 bridgehead atoms. The molecule has 2 saturated carbocycles. The number of hydrogen-bond donors (Lipinski definition) is 1. The summed E-state index contributed by atoms with van der Waals surface area (Å²) in [5.74, 6) is 2.13. The van der Waals surface area contributed by atoms with Crippen LogP contribution >= 0.6 is 0 Å². The molecule has 3 rings (SSSR count). The zero-order chi connectivity index (χ0) is 13.1. The van der Waals surface area contributed by atoms with E-state index in [1.54, 1.807) is 0 Å². The Kier molecular flexibility index (Phi) is 4.81. The fourth-order valence-electron chi connectivity index (χ4n) is 4.78. The smallest absolute Gasteiger partial charge is 0.0111 e. The van der Waals surface area contributed by atoms with Gasteiger partial charge in [0.2, 0.25) is 0 Å². The summed E-state index contributed by atoms with van der Waals surface area (Å²) in [6.45, 7) is 6.30. The third-order valence-electron chi connectivity index (χ3n) is 5.93. The number of piperidine rings is 1. The van der Waals surface area contributed by atoms with Gasteiger partial charge in [0.15, 0.2) is 0 Å². The number of nitrogens with zero attached hydrogens (tertiary/aromatic N) is 1. The lowest BCUT2D eigenvalue weighted by Gasteiger charge is -2.43. The van der Waals surface area contributed by atoms with Crippen LogP contribution in [0.1, 0.15) is 64.7 Å². The Balaban J connectivity index is 1.47. The van der Waals surface area contributed by atoms with Crippen molar-refractivity contribution in [3.05, 3.63) is 0 Å². The van der Waals surface area contributed by atoms with E-state index < -0.39 is 0 Å². The molecule has 2 heteroatoms. The molecular formula is C17H32N2. The summed E-state index contributed by atoms with van der Waals surface area (Å²) in [5.41, 5.74) is 0. The van der Waals surface area contributed by atoms with Crippen molar-refractivity contribution in [2.24, 2.45) is 11.8 Å². The standard InChI is InChI=1S/C17H32N2/c1-2-10-18-16-7-8-17(12-16)19-11-9-14-5-3-4-6-15(14)13-19/h14-18H,2-13H2,1H3. The van der Waals surface area contributed by atoms with Gasteiger partial charge in [-0.05, 0) is 63.5 Å². The van der Waals surface area contributed by atoms with E-state index in [4.69, 9.17) is 0 Å². The SMILES string of the molecule is CCCNC1CCC(N2CCC3CCCCC3C2)C1. The van der Waals surface area contributed by atoms with E-state index in [1.807, 2.05) is 0 Å². The molecular weight excluding hydrogens is 232 g/mol. The number of rotatable bonds is 4. The molecule has 0 aromatic carbocycles. The van der Waals surface area contributed by atoms with Gasteiger partial charge in [0, 0.05) is 18.6 Å². The van der Waals surface area contributed by atoms with Crippen molar-refractivity contribution in [1.29, 1.82) is 0 Å². The van der Waals surface area contributed by atoms with Gasteiger partial charge in [-0.25, -0.2) is 0 Å². The summed E-state index contributed by atoms with van der Waals surface area (Å²) in [7, 11) is 0. The highest BCUT2D eigenvalue weighted by Gasteiger charge is 2.36. The summed E-state index contributed by atoms with van der Waals surface area (Å²) in [4.78, 5) is 2.86. The van der Waals surface area contributed by atoms with E-state index >= 15 is 0 Å². The Hall–Kier alpha value is -0.0800. The second kappa shape index (κ2) is 6.58. The van der Waals surface area contributed by atoms with Gasteiger partial charge in [0.25, 0.3) is 0 Å². The van der Waals surface area contributed by atoms with Crippen molar-refractivity contribution in [3.8, 4) is 0 Å². The highest BCUT2D eigenvalue weighted by molar-refractivity contribution is 4.91. The van der Waals surface area contributed by atoms with Crippen LogP contribution in [-0.4, -0.2) is 36.6 Å². The van der Waals surface area contributed by atoms with Gasteiger partial charge in [-0.3, -0.25) is 0 Å². The van der Waals surface area contributed by atoms with Crippen LogP contribution in [0.5, 0.6) is 0 Å². The van der Waals surface area contributed by atoms with Crippen molar-refractivity contribution >= 4 is 0 Å². The first kappa shape index (κ1) is 13.9. The van der Waals surface area contributed by atoms with E-state index in [0.29, 0.717) is 0 Å². The van der Waals surface area contributed by atoms with E-state index in [1.165, 1.54) is 77.4 Å². The second-order valence-electron chi connectivity index (χ2n) is 7.21. The Bertz CT molecular complexity index is 278. The predicted molar refractivity (Wildman–Crippen MR) is 81.4 cm³/mol. The molecule has 0 amide bonds. The van der Waals surface area contributed by atoms with Gasteiger partial charge in [-0.1, -0.05) is 26.2 Å². The van der Waals surface area contributed by atoms with E-state index in [2.05, 4.69) is 17.1 Å². The maximum absolute atomic E-state index is 3.73. The topological polar surface area (TPSA) is 15.3 Å². The van der Waals surface area contributed by atoms with Crippen molar-refractivity contribution < 1.29 is 0 Å². The van der Waals surface area contributed by atoms with Crippen molar-refractivity contribution in [2.75, 3.05) is 19.6 Å². The van der Waals surface area contributed by atoms with Crippen LogP contribution in [0.15, 0.2) is 0 Å². The van der Waals surface area contributed by atoms with Crippen LogP contribution in [0.25, 0.3) is 0 Å². The lowest BCUT2D eigenvalue weighted by molar-refractivity contribution is 0.0578. The molecule has 4 atom stereocenters. The van der Waals surface area contributed by atoms with Gasteiger partial charge in [-0.2, -0.15) is 0 Å². The molecule has 1 saturated heterocycles. The summed E-state index contributed by atoms with van der Waals surface area (Å²) in [6, 6.07) is 1.71. The minimum absolute atomic E-state index is 0.814. The van der Waals surface area contributed by atoms with Gasteiger partial charge >= 0.3 is 0 Å². The van der Waals surface area contributed by atoms with E-state index in [0.717, 1.165) is 23.9 Å². The minimum atomic E-state index is 0.814.